The number of piperidine rings is 1. The first-order chi connectivity index (χ1) is 13.6. The molecule has 1 atom stereocenters. The number of hydrogen-bond donors (Lipinski definition) is 1. The number of carbonyl (C=O) groups excluding carboxylic acids is 1. The molecular weight excluding hydrogens is 440 g/mol. The summed E-state index contributed by atoms with van der Waals surface area (Å²) < 4.78 is 46.6. The third-order valence-corrected chi connectivity index (χ3v) is 6.91. The van der Waals surface area contributed by atoms with Crippen molar-refractivity contribution >= 4 is 39.1 Å². The van der Waals surface area contributed by atoms with Gasteiger partial charge in [-0.2, -0.15) is 8.42 Å². The Hall–Kier alpha value is -1.51. The lowest BCUT2D eigenvalue weighted by Crippen LogP contribution is -2.52. The van der Waals surface area contributed by atoms with Crippen molar-refractivity contribution in [1.82, 2.24) is 5.32 Å². The standard InChI is InChI=1S/C20H20Cl2FNO4S/c1-13-2-5-15(6-3-13)29(26,27)28-19(20(23)8-10-24-11-9-20)18(25)14-4-7-16(21)17(22)12-14/h2-7,12,19,24H,8-11H2,1H3. The van der Waals surface area contributed by atoms with Crippen molar-refractivity contribution in [2.24, 2.45) is 0 Å². The summed E-state index contributed by atoms with van der Waals surface area (Å²) in [6.07, 6.45) is -1.96. The van der Waals surface area contributed by atoms with Crippen LogP contribution in [0.25, 0.3) is 0 Å². The van der Waals surface area contributed by atoms with Crippen molar-refractivity contribution < 1.29 is 21.8 Å². The highest BCUT2D eigenvalue weighted by Gasteiger charge is 2.48. The molecule has 0 saturated carbocycles. The van der Waals surface area contributed by atoms with Crippen LogP contribution in [0.3, 0.4) is 0 Å². The monoisotopic (exact) mass is 459 g/mol. The van der Waals surface area contributed by atoms with Crippen LogP contribution in [0.5, 0.6) is 0 Å². The molecule has 0 aromatic heterocycles. The van der Waals surface area contributed by atoms with Gasteiger partial charge in [0.1, 0.15) is 5.67 Å². The number of carbonyl (C=O) groups is 1. The van der Waals surface area contributed by atoms with Gasteiger partial charge in [-0.25, -0.2) is 4.39 Å². The normalized spacial score (nSPS) is 17.7. The molecule has 1 heterocycles. The summed E-state index contributed by atoms with van der Waals surface area (Å²) in [6, 6.07) is 9.97. The SMILES string of the molecule is Cc1ccc(S(=O)(=O)OC(C(=O)c2ccc(Cl)c(Cl)c2)C2(F)CCNCC2)cc1. The number of aryl methyl sites for hydroxylation is 1. The fraction of sp³-hybridized carbons (Fsp3) is 0.350. The molecule has 0 radical (unpaired) electrons. The number of hydrogen-bond acceptors (Lipinski definition) is 5. The summed E-state index contributed by atoms with van der Waals surface area (Å²) in [4.78, 5) is 13.0. The Labute approximate surface area is 179 Å². The number of halogens is 3. The molecule has 0 spiro atoms. The number of rotatable bonds is 6. The summed E-state index contributed by atoms with van der Waals surface area (Å²) in [5, 5.41) is 3.33. The molecule has 2 aromatic rings. The lowest BCUT2D eigenvalue weighted by atomic mass is 9.85. The van der Waals surface area contributed by atoms with E-state index in [9.17, 15) is 13.2 Å². The predicted octanol–water partition coefficient (Wildman–Crippen LogP) is 4.35. The number of ketones is 1. The van der Waals surface area contributed by atoms with Crippen LogP contribution in [0.2, 0.25) is 10.0 Å². The molecule has 0 amide bonds. The van der Waals surface area contributed by atoms with E-state index in [0.717, 1.165) is 5.56 Å². The number of benzene rings is 2. The zero-order chi connectivity index (χ0) is 21.2. The van der Waals surface area contributed by atoms with E-state index in [4.69, 9.17) is 27.4 Å². The van der Waals surface area contributed by atoms with E-state index >= 15 is 4.39 Å². The highest BCUT2D eigenvalue weighted by Crippen LogP contribution is 2.34. The number of nitrogens with one attached hydrogen (secondary N) is 1. The van der Waals surface area contributed by atoms with Crippen LogP contribution in [0.15, 0.2) is 47.4 Å². The van der Waals surface area contributed by atoms with Crippen molar-refractivity contribution in [3.05, 3.63) is 63.6 Å². The van der Waals surface area contributed by atoms with Crippen LogP contribution < -0.4 is 5.32 Å². The first-order valence-electron chi connectivity index (χ1n) is 9.01. The van der Waals surface area contributed by atoms with Crippen LogP contribution in [0, 0.1) is 6.92 Å². The minimum Gasteiger partial charge on any atom is -0.316 e. The third-order valence-electron chi connectivity index (χ3n) is 4.88. The second-order valence-electron chi connectivity index (χ2n) is 7.02. The zero-order valence-corrected chi connectivity index (χ0v) is 18.0. The van der Waals surface area contributed by atoms with Crippen LogP contribution >= 0.6 is 23.2 Å². The van der Waals surface area contributed by atoms with Gasteiger partial charge in [0.15, 0.2) is 11.9 Å². The van der Waals surface area contributed by atoms with Crippen LogP contribution in [0.4, 0.5) is 4.39 Å². The average molecular weight is 460 g/mol. The van der Waals surface area contributed by atoms with Gasteiger partial charge in [0.25, 0.3) is 10.1 Å². The van der Waals surface area contributed by atoms with Gasteiger partial charge in [-0.15, -0.1) is 0 Å². The Balaban J connectivity index is 1.99. The molecule has 0 bridgehead atoms. The summed E-state index contributed by atoms with van der Waals surface area (Å²) in [5.41, 5.74) is -1.27. The molecule has 0 aliphatic carbocycles. The van der Waals surface area contributed by atoms with E-state index in [1.165, 1.54) is 30.3 Å². The van der Waals surface area contributed by atoms with Crippen LogP contribution in [0.1, 0.15) is 28.8 Å². The minimum absolute atomic E-state index is 0.0269. The van der Waals surface area contributed by atoms with Gasteiger partial charge in [-0.1, -0.05) is 40.9 Å². The average Bonchev–Trinajstić information content (AvgIpc) is 2.68. The Morgan fingerprint density at radius 2 is 1.72 bits per heavy atom. The molecule has 3 rings (SSSR count). The second-order valence-corrected chi connectivity index (χ2v) is 9.41. The van der Waals surface area contributed by atoms with Crippen LogP contribution in [-0.4, -0.2) is 39.1 Å². The lowest BCUT2D eigenvalue weighted by molar-refractivity contribution is -0.00180. The van der Waals surface area contributed by atoms with Gasteiger partial charge in [-0.05, 0) is 63.2 Å². The second kappa shape index (κ2) is 8.70. The van der Waals surface area contributed by atoms with E-state index in [0.29, 0.717) is 13.1 Å². The molecule has 1 unspecified atom stereocenters. The fourth-order valence-corrected chi connectivity index (χ4v) is 4.55. The highest BCUT2D eigenvalue weighted by molar-refractivity contribution is 7.86. The maximum Gasteiger partial charge on any atom is 0.297 e. The molecule has 29 heavy (non-hydrogen) atoms. The van der Waals surface area contributed by atoms with Gasteiger partial charge in [-0.3, -0.25) is 8.98 Å². The molecule has 9 heteroatoms. The Kier molecular flexibility index (Phi) is 6.65. The van der Waals surface area contributed by atoms with E-state index in [1.54, 1.807) is 19.1 Å². The van der Waals surface area contributed by atoms with Crippen molar-refractivity contribution in [1.29, 1.82) is 0 Å². The van der Waals surface area contributed by atoms with E-state index in [1.807, 2.05) is 0 Å². The maximum atomic E-state index is 15.8. The van der Waals surface area contributed by atoms with Gasteiger partial charge in [0.2, 0.25) is 0 Å². The predicted molar refractivity (Wildman–Crippen MR) is 110 cm³/mol. The molecular formula is C20H20Cl2FNO4S. The van der Waals surface area contributed by atoms with Crippen molar-refractivity contribution in [3.63, 3.8) is 0 Å². The van der Waals surface area contributed by atoms with Crippen LogP contribution in [-0.2, 0) is 14.3 Å². The molecule has 1 fully saturated rings. The Morgan fingerprint density at radius 1 is 1.10 bits per heavy atom. The topological polar surface area (TPSA) is 72.5 Å². The summed E-state index contributed by atoms with van der Waals surface area (Å²) in [6.45, 7) is 2.41. The van der Waals surface area contributed by atoms with E-state index in [-0.39, 0.29) is 33.3 Å². The van der Waals surface area contributed by atoms with E-state index in [2.05, 4.69) is 5.32 Å². The minimum atomic E-state index is -4.38. The summed E-state index contributed by atoms with van der Waals surface area (Å²) >= 11 is 11.9. The molecule has 1 saturated heterocycles. The fourth-order valence-electron chi connectivity index (χ4n) is 3.16. The third kappa shape index (κ3) is 4.98. The van der Waals surface area contributed by atoms with Gasteiger partial charge in [0.05, 0.1) is 14.9 Å². The smallest absolute Gasteiger partial charge is 0.297 e. The Morgan fingerprint density at radius 3 is 2.31 bits per heavy atom. The zero-order valence-electron chi connectivity index (χ0n) is 15.6. The Bertz CT molecular complexity index is 1010. The van der Waals surface area contributed by atoms with E-state index < -0.39 is 27.7 Å². The molecule has 1 aliphatic rings. The largest absolute Gasteiger partial charge is 0.316 e. The summed E-state index contributed by atoms with van der Waals surface area (Å²) in [5.74, 6) is -0.802. The van der Waals surface area contributed by atoms with Crippen molar-refractivity contribution in [2.75, 3.05) is 13.1 Å². The molecule has 2 aromatic carbocycles. The van der Waals surface area contributed by atoms with Gasteiger partial charge < -0.3 is 5.32 Å². The molecule has 156 valence electrons. The number of Topliss-reactive ketones (excluding diaryl/α,β-unsaturated/α-hetero) is 1. The maximum absolute atomic E-state index is 15.8. The van der Waals surface area contributed by atoms with Crippen molar-refractivity contribution in [3.8, 4) is 0 Å². The molecule has 1 aliphatic heterocycles. The first-order valence-corrected chi connectivity index (χ1v) is 11.2. The molecule has 1 N–H and O–H groups in total. The lowest BCUT2D eigenvalue weighted by Gasteiger charge is -2.35. The van der Waals surface area contributed by atoms with Gasteiger partial charge in [0, 0.05) is 5.56 Å². The van der Waals surface area contributed by atoms with Crippen molar-refractivity contribution in [2.45, 2.75) is 36.4 Å². The summed E-state index contributed by atoms with van der Waals surface area (Å²) in [7, 11) is -4.38. The number of alkyl halides is 1. The highest BCUT2D eigenvalue weighted by atomic mass is 35.5. The quantitative estimate of drug-likeness (QED) is 0.513. The molecule has 5 nitrogen and oxygen atoms in total. The van der Waals surface area contributed by atoms with Gasteiger partial charge >= 0.3 is 0 Å². The first kappa shape index (κ1) is 22.2.